The van der Waals surface area contributed by atoms with E-state index < -0.39 is 5.60 Å². The second kappa shape index (κ2) is 6.99. The zero-order valence-corrected chi connectivity index (χ0v) is 17.9. The number of fused-ring (bicyclic) bond motifs is 3. The van der Waals surface area contributed by atoms with Crippen LogP contribution >= 0.6 is 27.7 Å². The lowest BCUT2D eigenvalue weighted by atomic mass is 10.1. The molecule has 7 heteroatoms. The fraction of sp³-hybridized carbons (Fsp3) is 0.667. The molecule has 1 aromatic heterocycles. The number of hydrogen-bond donors (Lipinski definition) is 0. The van der Waals surface area contributed by atoms with Gasteiger partial charge in [-0.15, -0.1) is 11.8 Å². The summed E-state index contributed by atoms with van der Waals surface area (Å²) in [5, 5.41) is 1.05. The SMILES string of the molecule is CCSc1nc2c(cc1Br)C[C@@H]1CN(C(=O)OC(C)(C)C)C[C@@H](C)N21. The van der Waals surface area contributed by atoms with Crippen molar-refractivity contribution in [2.75, 3.05) is 23.7 Å². The fourth-order valence-corrected chi connectivity index (χ4v) is 4.90. The maximum atomic E-state index is 12.5. The number of nitrogens with zero attached hydrogens (tertiary/aromatic N) is 3. The van der Waals surface area contributed by atoms with Crippen LogP contribution in [0.1, 0.15) is 40.2 Å². The quantitative estimate of drug-likeness (QED) is 0.657. The molecule has 0 N–H and O–H groups in total. The molecular formula is C18H26BrN3O2S. The Bertz CT molecular complexity index is 677. The Balaban J connectivity index is 1.80. The van der Waals surface area contributed by atoms with Gasteiger partial charge in [0.1, 0.15) is 16.4 Å². The van der Waals surface area contributed by atoms with Crippen molar-refractivity contribution in [3.63, 3.8) is 0 Å². The van der Waals surface area contributed by atoms with Crippen molar-refractivity contribution in [2.45, 2.75) is 63.8 Å². The summed E-state index contributed by atoms with van der Waals surface area (Å²) in [6.45, 7) is 11.4. The molecule has 1 amide bonds. The second-order valence-corrected chi connectivity index (χ2v) is 9.80. The van der Waals surface area contributed by atoms with Gasteiger partial charge in [0.05, 0.1) is 10.5 Å². The molecule has 1 aromatic rings. The van der Waals surface area contributed by atoms with Crippen LogP contribution < -0.4 is 4.90 Å². The van der Waals surface area contributed by atoms with Crippen LogP contribution in [0.2, 0.25) is 0 Å². The van der Waals surface area contributed by atoms with Gasteiger partial charge in [0.15, 0.2) is 0 Å². The number of carbonyl (C=O) groups excluding carboxylic acids is 1. The lowest BCUT2D eigenvalue weighted by Crippen LogP contribution is -2.58. The van der Waals surface area contributed by atoms with Gasteiger partial charge in [-0.1, -0.05) is 6.92 Å². The van der Waals surface area contributed by atoms with Crippen molar-refractivity contribution < 1.29 is 9.53 Å². The average molecular weight is 428 g/mol. The molecule has 0 saturated carbocycles. The maximum Gasteiger partial charge on any atom is 0.410 e. The third-order valence-corrected chi connectivity index (χ3v) is 6.16. The van der Waals surface area contributed by atoms with Gasteiger partial charge >= 0.3 is 6.09 Å². The number of piperazine rings is 1. The van der Waals surface area contributed by atoms with Crippen LogP contribution in [0.15, 0.2) is 15.6 Å². The van der Waals surface area contributed by atoms with Crippen LogP contribution in [0.3, 0.4) is 0 Å². The summed E-state index contributed by atoms with van der Waals surface area (Å²) in [5.41, 5.74) is 0.796. The smallest absolute Gasteiger partial charge is 0.410 e. The first-order valence-corrected chi connectivity index (χ1v) is 10.6. The van der Waals surface area contributed by atoms with E-state index in [-0.39, 0.29) is 18.2 Å². The number of ether oxygens (including phenoxy) is 1. The van der Waals surface area contributed by atoms with Gasteiger partial charge in [-0.25, -0.2) is 9.78 Å². The van der Waals surface area contributed by atoms with Gasteiger partial charge < -0.3 is 14.5 Å². The maximum absolute atomic E-state index is 12.5. The van der Waals surface area contributed by atoms with E-state index in [2.05, 4.69) is 40.7 Å². The molecule has 25 heavy (non-hydrogen) atoms. The largest absolute Gasteiger partial charge is 0.444 e. The van der Waals surface area contributed by atoms with Crippen LogP contribution in [-0.2, 0) is 11.2 Å². The molecule has 0 bridgehead atoms. The highest BCUT2D eigenvalue weighted by Crippen LogP contribution is 2.39. The van der Waals surface area contributed by atoms with E-state index >= 15 is 0 Å². The van der Waals surface area contributed by atoms with Crippen LogP contribution in [0.25, 0.3) is 0 Å². The van der Waals surface area contributed by atoms with Crippen molar-refractivity contribution in [2.24, 2.45) is 0 Å². The van der Waals surface area contributed by atoms with E-state index in [1.807, 2.05) is 25.7 Å². The molecule has 3 heterocycles. The predicted molar refractivity (Wildman–Crippen MR) is 106 cm³/mol. The summed E-state index contributed by atoms with van der Waals surface area (Å²) in [6.07, 6.45) is 0.702. The van der Waals surface area contributed by atoms with E-state index in [1.165, 1.54) is 5.56 Å². The van der Waals surface area contributed by atoms with E-state index in [0.717, 1.165) is 27.5 Å². The molecule has 0 spiro atoms. The van der Waals surface area contributed by atoms with Crippen molar-refractivity contribution in [3.05, 3.63) is 16.1 Å². The summed E-state index contributed by atoms with van der Waals surface area (Å²) >= 11 is 5.40. The predicted octanol–water partition coefficient (Wildman–Crippen LogP) is 4.33. The number of carbonyl (C=O) groups is 1. The van der Waals surface area contributed by atoms with Gasteiger partial charge in [0.2, 0.25) is 0 Å². The number of amides is 1. The zero-order chi connectivity index (χ0) is 18.4. The van der Waals surface area contributed by atoms with Gasteiger partial charge in [0, 0.05) is 19.1 Å². The van der Waals surface area contributed by atoms with E-state index in [4.69, 9.17) is 9.72 Å². The Morgan fingerprint density at radius 2 is 2.16 bits per heavy atom. The van der Waals surface area contributed by atoms with Crippen LogP contribution in [0.4, 0.5) is 10.6 Å². The molecule has 2 atom stereocenters. The first-order chi connectivity index (χ1) is 11.7. The van der Waals surface area contributed by atoms with Crippen molar-refractivity contribution >= 4 is 39.6 Å². The number of pyridine rings is 1. The Labute approximate surface area is 162 Å². The number of rotatable bonds is 2. The molecule has 138 valence electrons. The van der Waals surface area contributed by atoms with Gasteiger partial charge in [0.25, 0.3) is 0 Å². The van der Waals surface area contributed by atoms with Crippen LogP contribution in [-0.4, -0.2) is 52.5 Å². The van der Waals surface area contributed by atoms with Gasteiger partial charge in [-0.3, -0.25) is 0 Å². The molecule has 0 radical (unpaired) electrons. The highest BCUT2D eigenvalue weighted by atomic mass is 79.9. The first-order valence-electron chi connectivity index (χ1n) is 8.78. The van der Waals surface area contributed by atoms with E-state index in [1.54, 1.807) is 11.8 Å². The Morgan fingerprint density at radius 1 is 1.44 bits per heavy atom. The third-order valence-electron chi connectivity index (χ3n) is 4.42. The molecule has 1 saturated heterocycles. The summed E-state index contributed by atoms with van der Waals surface area (Å²) in [4.78, 5) is 21.6. The number of aromatic nitrogens is 1. The Hall–Kier alpha value is -0.950. The highest BCUT2D eigenvalue weighted by Gasteiger charge is 2.41. The molecule has 0 unspecified atom stereocenters. The number of anilines is 1. The van der Waals surface area contributed by atoms with E-state index in [0.29, 0.717) is 13.1 Å². The molecular weight excluding hydrogens is 402 g/mol. The topological polar surface area (TPSA) is 45.7 Å². The summed E-state index contributed by atoms with van der Waals surface area (Å²) in [7, 11) is 0. The summed E-state index contributed by atoms with van der Waals surface area (Å²) < 4.78 is 6.63. The molecule has 3 rings (SSSR count). The van der Waals surface area contributed by atoms with Crippen molar-refractivity contribution in [3.8, 4) is 0 Å². The average Bonchev–Trinajstić information content (AvgIpc) is 2.83. The lowest BCUT2D eigenvalue weighted by Gasteiger charge is -2.43. The highest BCUT2D eigenvalue weighted by molar-refractivity contribution is 9.10. The minimum Gasteiger partial charge on any atom is -0.444 e. The minimum atomic E-state index is -0.464. The molecule has 0 aromatic carbocycles. The first kappa shape index (κ1) is 18.8. The molecule has 1 fully saturated rings. The molecule has 2 aliphatic rings. The van der Waals surface area contributed by atoms with Crippen LogP contribution in [0.5, 0.6) is 0 Å². The Kier molecular flexibility index (Phi) is 5.26. The summed E-state index contributed by atoms with van der Waals surface area (Å²) in [6, 6.07) is 2.69. The minimum absolute atomic E-state index is 0.216. The molecule has 2 aliphatic heterocycles. The monoisotopic (exact) mass is 427 g/mol. The summed E-state index contributed by atoms with van der Waals surface area (Å²) in [5.74, 6) is 2.08. The van der Waals surface area contributed by atoms with Gasteiger partial charge in [-0.05, 0) is 67.4 Å². The normalized spacial score (nSPS) is 22.6. The zero-order valence-electron chi connectivity index (χ0n) is 15.5. The molecule has 5 nitrogen and oxygen atoms in total. The molecule has 0 aliphatic carbocycles. The van der Waals surface area contributed by atoms with Gasteiger partial charge in [-0.2, -0.15) is 0 Å². The standard InChI is InChI=1S/C18H26BrN3O2S/c1-6-25-16-14(19)8-12-7-13-10-21(17(23)24-18(3,4)5)9-11(2)22(13)15(12)20-16/h8,11,13H,6-7,9-10H2,1-5H3/t11-,13-/m1/s1. The lowest BCUT2D eigenvalue weighted by molar-refractivity contribution is 0.0191. The number of halogens is 1. The Morgan fingerprint density at radius 3 is 2.80 bits per heavy atom. The van der Waals surface area contributed by atoms with Crippen molar-refractivity contribution in [1.82, 2.24) is 9.88 Å². The van der Waals surface area contributed by atoms with Crippen LogP contribution in [0, 0.1) is 0 Å². The third kappa shape index (κ3) is 3.92. The number of thioether (sulfide) groups is 1. The van der Waals surface area contributed by atoms with Crippen molar-refractivity contribution in [1.29, 1.82) is 0 Å². The fourth-order valence-electron chi connectivity index (χ4n) is 3.57. The number of hydrogen-bond acceptors (Lipinski definition) is 5. The van der Waals surface area contributed by atoms with E-state index in [9.17, 15) is 4.79 Å². The second-order valence-electron chi connectivity index (χ2n) is 7.69.